The molecule has 0 spiro atoms. The molecule has 0 aromatic carbocycles. The predicted octanol–water partition coefficient (Wildman–Crippen LogP) is -1.37. The number of anilines is 1. The number of nitrogens with one attached hydrogen (secondary N) is 3. The van der Waals surface area contributed by atoms with Crippen LogP contribution in [0.1, 0.15) is 5.82 Å². The van der Waals surface area contributed by atoms with Crippen LogP contribution in [0.3, 0.4) is 0 Å². The van der Waals surface area contributed by atoms with E-state index in [0.717, 1.165) is 6.20 Å². The number of aromatic amines is 2. The summed E-state index contributed by atoms with van der Waals surface area (Å²) in [6.07, 6.45) is 2.93. The molecule has 2 heterocycles. The van der Waals surface area contributed by atoms with Crippen molar-refractivity contribution in [3.05, 3.63) is 18.3 Å². The maximum Gasteiger partial charge on any atom is 0.245 e. The average Bonchev–Trinajstić information content (AvgIpc) is 2.88. The molecule has 9 nitrogen and oxygen atoms in total. The minimum absolute atomic E-state index is 0.0113. The van der Waals surface area contributed by atoms with Crippen LogP contribution < -0.4 is 10.5 Å². The van der Waals surface area contributed by atoms with E-state index in [1.54, 1.807) is 0 Å². The van der Waals surface area contributed by atoms with Crippen LogP contribution in [-0.2, 0) is 16.4 Å². The Morgan fingerprint density at radius 2 is 2.18 bits per heavy atom. The van der Waals surface area contributed by atoms with Crippen LogP contribution in [0.4, 0.5) is 5.82 Å². The van der Waals surface area contributed by atoms with Crippen LogP contribution in [0.5, 0.6) is 0 Å². The van der Waals surface area contributed by atoms with Gasteiger partial charge in [-0.1, -0.05) is 0 Å². The molecular formula is C7H11N7O2S. The van der Waals surface area contributed by atoms with Crippen molar-refractivity contribution in [2.45, 2.75) is 11.3 Å². The fraction of sp³-hybridized carbons (Fsp3) is 0.286. The molecule has 2 aromatic heterocycles. The summed E-state index contributed by atoms with van der Waals surface area (Å²) < 4.78 is 25.9. The van der Waals surface area contributed by atoms with Crippen LogP contribution in [0.2, 0.25) is 0 Å². The summed E-state index contributed by atoms with van der Waals surface area (Å²) in [4.78, 5) is 3.81. The van der Waals surface area contributed by atoms with Gasteiger partial charge in [0.15, 0.2) is 0 Å². The van der Waals surface area contributed by atoms with Crippen molar-refractivity contribution >= 4 is 15.8 Å². The average molecular weight is 257 g/mol. The number of aromatic nitrogens is 5. The van der Waals surface area contributed by atoms with Gasteiger partial charge in [0.2, 0.25) is 10.0 Å². The third kappa shape index (κ3) is 2.60. The summed E-state index contributed by atoms with van der Waals surface area (Å²) in [5.74, 6) is 0.616. The van der Waals surface area contributed by atoms with Gasteiger partial charge >= 0.3 is 0 Å². The topological polar surface area (TPSA) is 142 Å². The molecule has 0 amide bonds. The molecule has 5 N–H and O–H groups in total. The first kappa shape index (κ1) is 11.5. The van der Waals surface area contributed by atoms with Gasteiger partial charge in [0, 0.05) is 13.0 Å². The van der Waals surface area contributed by atoms with Crippen molar-refractivity contribution in [1.29, 1.82) is 0 Å². The lowest BCUT2D eigenvalue weighted by Crippen LogP contribution is -2.26. The van der Waals surface area contributed by atoms with E-state index < -0.39 is 10.0 Å². The van der Waals surface area contributed by atoms with Gasteiger partial charge < -0.3 is 5.73 Å². The number of nitrogens with zero attached hydrogens (tertiary/aromatic N) is 3. The molecule has 0 atom stereocenters. The van der Waals surface area contributed by atoms with E-state index in [4.69, 9.17) is 5.73 Å². The zero-order valence-corrected chi connectivity index (χ0v) is 9.53. The Labute approximate surface area is 96.9 Å². The Balaban J connectivity index is 1.97. The molecule has 2 aromatic rings. The largest absolute Gasteiger partial charge is 0.383 e. The summed E-state index contributed by atoms with van der Waals surface area (Å²) in [6, 6.07) is 0. The molecule has 0 aliphatic heterocycles. The van der Waals surface area contributed by atoms with Crippen LogP contribution in [0.15, 0.2) is 17.4 Å². The van der Waals surface area contributed by atoms with Gasteiger partial charge in [-0.25, -0.2) is 18.1 Å². The molecule has 0 unspecified atom stereocenters. The van der Waals surface area contributed by atoms with E-state index in [2.05, 4.69) is 30.1 Å². The van der Waals surface area contributed by atoms with Crippen LogP contribution in [0.25, 0.3) is 0 Å². The molecule has 17 heavy (non-hydrogen) atoms. The first-order valence-corrected chi connectivity index (χ1v) is 6.20. The van der Waals surface area contributed by atoms with Crippen molar-refractivity contribution in [1.82, 2.24) is 30.1 Å². The highest BCUT2D eigenvalue weighted by Crippen LogP contribution is 2.13. The predicted molar refractivity (Wildman–Crippen MR) is 58.3 cm³/mol. The maximum atomic E-state index is 11.7. The molecule has 0 radical (unpaired) electrons. The Morgan fingerprint density at radius 1 is 1.35 bits per heavy atom. The molecule has 10 heteroatoms. The van der Waals surface area contributed by atoms with Gasteiger partial charge in [-0.2, -0.15) is 10.2 Å². The summed E-state index contributed by atoms with van der Waals surface area (Å²) in [7, 11) is -3.63. The summed E-state index contributed by atoms with van der Waals surface area (Å²) in [6.45, 7) is 0.197. The summed E-state index contributed by atoms with van der Waals surface area (Å²) in [5.41, 5.74) is 5.43. The second kappa shape index (κ2) is 4.51. The molecule has 0 saturated heterocycles. The van der Waals surface area contributed by atoms with Gasteiger partial charge in [0.05, 0.1) is 6.20 Å². The van der Waals surface area contributed by atoms with Crippen molar-refractivity contribution in [2.75, 3.05) is 12.3 Å². The third-order valence-corrected chi connectivity index (χ3v) is 3.53. The highest BCUT2D eigenvalue weighted by atomic mass is 32.2. The van der Waals surface area contributed by atoms with Crippen molar-refractivity contribution in [3.63, 3.8) is 0 Å². The lowest BCUT2D eigenvalue weighted by atomic mass is 10.4. The van der Waals surface area contributed by atoms with Gasteiger partial charge in [0.1, 0.15) is 22.9 Å². The summed E-state index contributed by atoms with van der Waals surface area (Å²) >= 11 is 0. The van der Waals surface area contributed by atoms with Crippen LogP contribution >= 0.6 is 0 Å². The number of sulfonamides is 1. The van der Waals surface area contributed by atoms with Crippen molar-refractivity contribution in [2.24, 2.45) is 0 Å². The Kier molecular flexibility index (Phi) is 3.06. The first-order chi connectivity index (χ1) is 8.09. The normalized spacial score (nSPS) is 11.8. The SMILES string of the molecule is Nc1[nH]ncc1S(=O)(=O)NCCc1ncn[nH]1. The highest BCUT2D eigenvalue weighted by molar-refractivity contribution is 7.89. The molecule has 0 fully saturated rings. The van der Waals surface area contributed by atoms with Crippen LogP contribution in [-0.4, -0.2) is 40.3 Å². The number of nitrogen functional groups attached to an aromatic ring is 1. The standard InChI is InChI=1S/C7H11N7O2S/c8-7-5(3-10-14-7)17(15,16)12-2-1-6-9-4-11-13-6/h3-4,12H,1-2H2,(H3,8,10,14)(H,9,11,13). The van der Waals surface area contributed by atoms with Gasteiger partial charge in [-0.3, -0.25) is 10.2 Å². The number of hydrogen-bond donors (Lipinski definition) is 4. The van der Waals surface area contributed by atoms with E-state index in [1.165, 1.54) is 6.33 Å². The molecule has 0 aliphatic carbocycles. The minimum Gasteiger partial charge on any atom is -0.383 e. The number of hydrogen-bond acceptors (Lipinski definition) is 6. The van der Waals surface area contributed by atoms with E-state index in [9.17, 15) is 8.42 Å². The molecule has 0 aliphatic rings. The van der Waals surface area contributed by atoms with E-state index in [-0.39, 0.29) is 17.3 Å². The number of H-pyrrole nitrogens is 2. The maximum absolute atomic E-state index is 11.7. The smallest absolute Gasteiger partial charge is 0.245 e. The second-order valence-corrected chi connectivity index (χ2v) is 4.96. The molecular weight excluding hydrogens is 246 g/mol. The zero-order valence-electron chi connectivity index (χ0n) is 8.71. The van der Waals surface area contributed by atoms with Gasteiger partial charge in [0.25, 0.3) is 0 Å². The van der Waals surface area contributed by atoms with E-state index in [0.29, 0.717) is 12.2 Å². The lowest BCUT2D eigenvalue weighted by Gasteiger charge is -2.03. The fourth-order valence-electron chi connectivity index (χ4n) is 1.23. The molecule has 92 valence electrons. The van der Waals surface area contributed by atoms with Crippen molar-refractivity contribution < 1.29 is 8.42 Å². The highest BCUT2D eigenvalue weighted by Gasteiger charge is 2.18. The van der Waals surface area contributed by atoms with Gasteiger partial charge in [-0.15, -0.1) is 0 Å². The van der Waals surface area contributed by atoms with Gasteiger partial charge in [-0.05, 0) is 0 Å². The van der Waals surface area contributed by atoms with E-state index >= 15 is 0 Å². The first-order valence-electron chi connectivity index (χ1n) is 4.72. The molecule has 0 saturated carbocycles. The fourth-order valence-corrected chi connectivity index (χ4v) is 2.28. The summed E-state index contributed by atoms with van der Waals surface area (Å²) in [5, 5.41) is 12.2. The van der Waals surface area contributed by atoms with Crippen molar-refractivity contribution in [3.8, 4) is 0 Å². The Bertz CT molecular complexity index is 573. The second-order valence-electron chi connectivity index (χ2n) is 3.23. The Morgan fingerprint density at radius 3 is 2.76 bits per heavy atom. The number of nitrogens with two attached hydrogens (primary N) is 1. The monoisotopic (exact) mass is 257 g/mol. The quantitative estimate of drug-likeness (QED) is 0.520. The third-order valence-electron chi connectivity index (χ3n) is 2.04. The molecule has 2 rings (SSSR count). The minimum atomic E-state index is -3.63. The number of rotatable bonds is 5. The molecule has 0 bridgehead atoms. The van der Waals surface area contributed by atoms with Crippen LogP contribution in [0, 0.1) is 0 Å². The van der Waals surface area contributed by atoms with E-state index in [1.807, 2.05) is 0 Å². The lowest BCUT2D eigenvalue weighted by molar-refractivity contribution is 0.581. The Hall–Kier alpha value is -1.94. The zero-order chi connectivity index (χ0) is 12.3.